The van der Waals surface area contributed by atoms with Gasteiger partial charge in [-0.25, -0.2) is 0 Å². The van der Waals surface area contributed by atoms with Crippen LogP contribution in [0.25, 0.3) is 0 Å². The SMILES string of the molecule is CC1CC(C(=O)NCC(N)C2CC2)CO1. The second-order valence-corrected chi connectivity index (χ2v) is 4.82. The third-order valence-electron chi connectivity index (χ3n) is 3.31. The zero-order valence-electron chi connectivity index (χ0n) is 9.24. The summed E-state index contributed by atoms with van der Waals surface area (Å²) in [4.78, 5) is 11.7. The van der Waals surface area contributed by atoms with Crippen LogP contribution in [0.15, 0.2) is 0 Å². The van der Waals surface area contributed by atoms with Gasteiger partial charge in [-0.2, -0.15) is 0 Å². The topological polar surface area (TPSA) is 64.4 Å². The average Bonchev–Trinajstić information content (AvgIpc) is 2.97. The van der Waals surface area contributed by atoms with Gasteiger partial charge in [-0.05, 0) is 32.1 Å². The molecule has 0 spiro atoms. The van der Waals surface area contributed by atoms with Crippen LogP contribution in [0.2, 0.25) is 0 Å². The van der Waals surface area contributed by atoms with Gasteiger partial charge in [-0.15, -0.1) is 0 Å². The molecule has 4 heteroatoms. The van der Waals surface area contributed by atoms with Crippen molar-refractivity contribution < 1.29 is 9.53 Å². The maximum Gasteiger partial charge on any atom is 0.225 e. The predicted molar refractivity (Wildman–Crippen MR) is 57.2 cm³/mol. The van der Waals surface area contributed by atoms with E-state index < -0.39 is 0 Å². The number of nitrogens with one attached hydrogen (secondary N) is 1. The Balaban J connectivity index is 1.67. The van der Waals surface area contributed by atoms with Crippen molar-refractivity contribution in [2.24, 2.45) is 17.6 Å². The second kappa shape index (κ2) is 4.49. The molecule has 3 N–H and O–H groups in total. The summed E-state index contributed by atoms with van der Waals surface area (Å²) in [7, 11) is 0. The first kappa shape index (κ1) is 10.9. The largest absolute Gasteiger partial charge is 0.378 e. The lowest BCUT2D eigenvalue weighted by atomic mass is 10.1. The number of ether oxygens (including phenoxy) is 1. The molecule has 0 radical (unpaired) electrons. The fraction of sp³-hybridized carbons (Fsp3) is 0.909. The second-order valence-electron chi connectivity index (χ2n) is 4.82. The molecule has 1 saturated carbocycles. The van der Waals surface area contributed by atoms with E-state index in [1.807, 2.05) is 6.92 Å². The molecule has 1 aliphatic heterocycles. The molecule has 2 rings (SSSR count). The van der Waals surface area contributed by atoms with Gasteiger partial charge >= 0.3 is 0 Å². The van der Waals surface area contributed by atoms with Crippen molar-refractivity contribution in [2.75, 3.05) is 13.2 Å². The molecule has 4 nitrogen and oxygen atoms in total. The molecular weight excluding hydrogens is 192 g/mol. The van der Waals surface area contributed by atoms with E-state index in [4.69, 9.17) is 10.5 Å². The first-order valence-electron chi connectivity index (χ1n) is 5.81. The third-order valence-corrected chi connectivity index (χ3v) is 3.31. The molecule has 0 bridgehead atoms. The Morgan fingerprint density at radius 2 is 2.33 bits per heavy atom. The monoisotopic (exact) mass is 212 g/mol. The Morgan fingerprint density at radius 3 is 2.87 bits per heavy atom. The Kier molecular flexibility index (Phi) is 3.26. The standard InChI is InChI=1S/C11H20N2O2/c1-7-4-9(6-15-7)11(14)13-5-10(12)8-2-3-8/h7-10H,2-6,12H2,1H3,(H,13,14). The Bertz CT molecular complexity index is 241. The molecule has 1 amide bonds. The number of carbonyl (C=O) groups is 1. The van der Waals surface area contributed by atoms with Crippen LogP contribution < -0.4 is 11.1 Å². The minimum absolute atomic E-state index is 0.0337. The normalized spacial score (nSPS) is 32.7. The van der Waals surface area contributed by atoms with E-state index in [1.165, 1.54) is 12.8 Å². The van der Waals surface area contributed by atoms with Crippen LogP contribution >= 0.6 is 0 Å². The average molecular weight is 212 g/mol. The molecule has 0 aromatic carbocycles. The molecular formula is C11H20N2O2. The van der Waals surface area contributed by atoms with Crippen LogP contribution in [0, 0.1) is 11.8 Å². The van der Waals surface area contributed by atoms with Crippen molar-refractivity contribution in [3.8, 4) is 0 Å². The minimum Gasteiger partial charge on any atom is -0.378 e. The zero-order valence-corrected chi connectivity index (χ0v) is 9.24. The van der Waals surface area contributed by atoms with Crippen LogP contribution in [0.1, 0.15) is 26.2 Å². The molecule has 1 aliphatic carbocycles. The van der Waals surface area contributed by atoms with Gasteiger partial charge in [0.25, 0.3) is 0 Å². The lowest BCUT2D eigenvalue weighted by Crippen LogP contribution is -2.41. The fourth-order valence-electron chi connectivity index (χ4n) is 2.05. The summed E-state index contributed by atoms with van der Waals surface area (Å²) in [5.41, 5.74) is 5.91. The number of amides is 1. The van der Waals surface area contributed by atoms with E-state index in [-0.39, 0.29) is 24.0 Å². The number of nitrogens with two attached hydrogens (primary N) is 1. The molecule has 2 fully saturated rings. The molecule has 86 valence electrons. The maximum atomic E-state index is 11.7. The van der Waals surface area contributed by atoms with Crippen molar-refractivity contribution in [3.63, 3.8) is 0 Å². The molecule has 15 heavy (non-hydrogen) atoms. The van der Waals surface area contributed by atoms with Crippen molar-refractivity contribution in [1.29, 1.82) is 0 Å². The summed E-state index contributed by atoms with van der Waals surface area (Å²) < 4.78 is 5.36. The molecule has 1 saturated heterocycles. The Morgan fingerprint density at radius 1 is 1.60 bits per heavy atom. The molecule has 0 aromatic rings. The van der Waals surface area contributed by atoms with Crippen molar-refractivity contribution >= 4 is 5.91 Å². The Labute approximate surface area is 90.5 Å². The lowest BCUT2D eigenvalue weighted by Gasteiger charge is -2.13. The van der Waals surface area contributed by atoms with Gasteiger partial charge in [0.05, 0.1) is 18.6 Å². The third kappa shape index (κ3) is 2.92. The Hall–Kier alpha value is -0.610. The summed E-state index contributed by atoms with van der Waals surface area (Å²) in [5, 5.41) is 2.92. The van der Waals surface area contributed by atoms with Crippen molar-refractivity contribution in [2.45, 2.75) is 38.3 Å². The van der Waals surface area contributed by atoms with Gasteiger partial charge in [0.1, 0.15) is 0 Å². The van der Waals surface area contributed by atoms with Crippen LogP contribution in [0.5, 0.6) is 0 Å². The first-order valence-corrected chi connectivity index (χ1v) is 5.81. The van der Waals surface area contributed by atoms with Crippen LogP contribution in [-0.2, 0) is 9.53 Å². The fourth-order valence-corrected chi connectivity index (χ4v) is 2.05. The van der Waals surface area contributed by atoms with Gasteiger partial charge in [0.15, 0.2) is 0 Å². The number of hydrogen-bond donors (Lipinski definition) is 2. The summed E-state index contributed by atoms with van der Waals surface area (Å²) in [6, 6.07) is 0.147. The summed E-state index contributed by atoms with van der Waals surface area (Å²) >= 11 is 0. The molecule has 3 unspecified atom stereocenters. The highest BCUT2D eigenvalue weighted by Gasteiger charge is 2.31. The van der Waals surface area contributed by atoms with E-state index in [0.717, 1.165) is 6.42 Å². The molecule has 2 aliphatic rings. The minimum atomic E-state index is 0.0337. The highest BCUT2D eigenvalue weighted by molar-refractivity contribution is 5.79. The van der Waals surface area contributed by atoms with Crippen LogP contribution in [0.4, 0.5) is 0 Å². The summed E-state index contributed by atoms with van der Waals surface area (Å²) in [6.45, 7) is 3.18. The highest BCUT2D eigenvalue weighted by atomic mass is 16.5. The van der Waals surface area contributed by atoms with Gasteiger partial charge in [0, 0.05) is 12.6 Å². The van der Waals surface area contributed by atoms with E-state index in [9.17, 15) is 4.79 Å². The van der Waals surface area contributed by atoms with Crippen molar-refractivity contribution in [3.05, 3.63) is 0 Å². The van der Waals surface area contributed by atoms with Gasteiger partial charge in [-0.3, -0.25) is 4.79 Å². The first-order chi connectivity index (χ1) is 7.16. The maximum absolute atomic E-state index is 11.7. The van der Waals surface area contributed by atoms with E-state index >= 15 is 0 Å². The smallest absolute Gasteiger partial charge is 0.225 e. The summed E-state index contributed by atoms with van der Waals surface area (Å²) in [5.74, 6) is 0.783. The highest BCUT2D eigenvalue weighted by Crippen LogP contribution is 2.31. The van der Waals surface area contributed by atoms with Crippen LogP contribution in [-0.4, -0.2) is 31.2 Å². The quantitative estimate of drug-likeness (QED) is 0.703. The van der Waals surface area contributed by atoms with E-state index in [1.54, 1.807) is 0 Å². The lowest BCUT2D eigenvalue weighted by molar-refractivity contribution is -0.125. The number of hydrogen-bond acceptors (Lipinski definition) is 3. The summed E-state index contributed by atoms with van der Waals surface area (Å²) in [6.07, 6.45) is 3.50. The molecule has 3 atom stereocenters. The van der Waals surface area contributed by atoms with Gasteiger partial charge in [0.2, 0.25) is 5.91 Å². The van der Waals surface area contributed by atoms with E-state index in [0.29, 0.717) is 19.1 Å². The van der Waals surface area contributed by atoms with Crippen LogP contribution in [0.3, 0.4) is 0 Å². The predicted octanol–water partition coefficient (Wildman–Crippen LogP) is 0.265. The van der Waals surface area contributed by atoms with Crippen molar-refractivity contribution in [1.82, 2.24) is 5.32 Å². The number of rotatable bonds is 4. The molecule has 1 heterocycles. The van der Waals surface area contributed by atoms with E-state index in [2.05, 4.69) is 5.32 Å². The van der Waals surface area contributed by atoms with Gasteiger partial charge < -0.3 is 15.8 Å². The zero-order chi connectivity index (χ0) is 10.8. The van der Waals surface area contributed by atoms with Gasteiger partial charge in [-0.1, -0.05) is 0 Å². The molecule has 0 aromatic heterocycles. The number of carbonyl (C=O) groups excluding carboxylic acids is 1.